The van der Waals surface area contributed by atoms with Crippen LogP contribution >= 0.6 is 0 Å². The summed E-state index contributed by atoms with van der Waals surface area (Å²) in [5, 5.41) is 0. The van der Waals surface area contributed by atoms with Crippen molar-refractivity contribution in [3.05, 3.63) is 70.9 Å². The molecule has 2 amide bonds. The van der Waals surface area contributed by atoms with E-state index in [1.165, 1.54) is 4.90 Å². The first-order chi connectivity index (χ1) is 13.5. The molecule has 28 heavy (non-hydrogen) atoms. The van der Waals surface area contributed by atoms with E-state index in [4.69, 9.17) is 0 Å². The van der Waals surface area contributed by atoms with Gasteiger partial charge in [-0.15, -0.1) is 0 Å². The van der Waals surface area contributed by atoms with Crippen molar-refractivity contribution >= 4 is 23.1 Å². The van der Waals surface area contributed by atoms with E-state index in [9.17, 15) is 9.59 Å². The molecule has 0 unspecified atom stereocenters. The van der Waals surface area contributed by atoms with E-state index < -0.39 is 0 Å². The smallest absolute Gasteiger partial charge is 0.282 e. The van der Waals surface area contributed by atoms with Gasteiger partial charge in [0.2, 0.25) is 0 Å². The lowest BCUT2D eigenvalue weighted by Gasteiger charge is -2.34. The minimum absolute atomic E-state index is 0.220. The maximum absolute atomic E-state index is 13.5. The molecule has 0 atom stereocenters. The van der Waals surface area contributed by atoms with Crippen LogP contribution in [0, 0.1) is 13.8 Å². The molecule has 0 aliphatic carbocycles. The first-order valence-electron chi connectivity index (χ1n) is 9.66. The topological polar surface area (TPSA) is 43.9 Å². The second-order valence-corrected chi connectivity index (χ2v) is 7.62. The highest BCUT2D eigenvalue weighted by Gasteiger charge is 2.43. The zero-order valence-electron chi connectivity index (χ0n) is 16.6. The maximum Gasteiger partial charge on any atom is 0.282 e. The number of nitrogens with zero attached hydrogens (tertiary/aromatic N) is 3. The van der Waals surface area contributed by atoms with Crippen molar-refractivity contribution < 1.29 is 9.59 Å². The Morgan fingerprint density at radius 1 is 0.821 bits per heavy atom. The number of piperazine rings is 1. The van der Waals surface area contributed by atoms with Crippen molar-refractivity contribution in [2.75, 3.05) is 38.1 Å². The van der Waals surface area contributed by atoms with E-state index in [1.807, 2.05) is 62.4 Å². The summed E-state index contributed by atoms with van der Waals surface area (Å²) in [6, 6.07) is 15.4. The van der Waals surface area contributed by atoms with Gasteiger partial charge in [0.15, 0.2) is 0 Å². The Bertz CT molecular complexity index is 957. The molecule has 2 aliphatic rings. The average molecular weight is 375 g/mol. The van der Waals surface area contributed by atoms with Crippen LogP contribution in [0.15, 0.2) is 54.2 Å². The largest absolute Gasteiger partial charge is 0.364 e. The molecule has 4 rings (SSSR count). The number of imide groups is 1. The quantitative estimate of drug-likeness (QED) is 0.774. The Balaban J connectivity index is 1.83. The highest BCUT2D eigenvalue weighted by molar-refractivity contribution is 6.45. The molecule has 2 heterocycles. The number of anilines is 1. The van der Waals surface area contributed by atoms with Crippen molar-refractivity contribution in [2.24, 2.45) is 0 Å². The van der Waals surface area contributed by atoms with Crippen LogP contribution in [0.4, 0.5) is 5.69 Å². The van der Waals surface area contributed by atoms with Gasteiger partial charge >= 0.3 is 0 Å². The number of hydrogen-bond donors (Lipinski definition) is 0. The maximum atomic E-state index is 13.5. The molecule has 2 aliphatic heterocycles. The van der Waals surface area contributed by atoms with E-state index in [2.05, 4.69) is 16.8 Å². The molecule has 2 aromatic carbocycles. The van der Waals surface area contributed by atoms with Gasteiger partial charge in [0.25, 0.3) is 11.8 Å². The Kier molecular flexibility index (Phi) is 4.77. The van der Waals surface area contributed by atoms with Crippen LogP contribution < -0.4 is 4.90 Å². The zero-order chi connectivity index (χ0) is 19.8. The predicted octanol–water partition coefficient (Wildman–Crippen LogP) is 2.84. The number of benzene rings is 2. The van der Waals surface area contributed by atoms with Crippen molar-refractivity contribution in [3.8, 4) is 0 Å². The van der Waals surface area contributed by atoms with Crippen LogP contribution in [0.25, 0.3) is 5.57 Å². The Labute approximate surface area is 165 Å². The van der Waals surface area contributed by atoms with Crippen LogP contribution in [0.5, 0.6) is 0 Å². The van der Waals surface area contributed by atoms with E-state index >= 15 is 0 Å². The molecular formula is C23H25N3O2. The lowest BCUT2D eigenvalue weighted by atomic mass is 10.0. The van der Waals surface area contributed by atoms with Crippen molar-refractivity contribution in [2.45, 2.75) is 13.8 Å². The third-order valence-electron chi connectivity index (χ3n) is 5.55. The second kappa shape index (κ2) is 7.24. The van der Waals surface area contributed by atoms with Crippen molar-refractivity contribution in [1.29, 1.82) is 0 Å². The predicted molar refractivity (Wildman–Crippen MR) is 111 cm³/mol. The van der Waals surface area contributed by atoms with Crippen LogP contribution in [0.1, 0.15) is 16.7 Å². The minimum atomic E-state index is -0.237. The summed E-state index contributed by atoms with van der Waals surface area (Å²) in [5.74, 6) is -0.457. The highest BCUT2D eigenvalue weighted by Crippen LogP contribution is 2.36. The summed E-state index contributed by atoms with van der Waals surface area (Å²) < 4.78 is 0. The monoisotopic (exact) mass is 375 g/mol. The lowest BCUT2D eigenvalue weighted by molar-refractivity contribution is -0.120. The summed E-state index contributed by atoms with van der Waals surface area (Å²) in [7, 11) is 2.08. The van der Waals surface area contributed by atoms with Gasteiger partial charge in [-0.1, -0.05) is 42.5 Å². The molecule has 1 fully saturated rings. The molecule has 144 valence electrons. The summed E-state index contributed by atoms with van der Waals surface area (Å²) in [6.07, 6.45) is 0. The molecule has 0 radical (unpaired) electrons. The van der Waals surface area contributed by atoms with E-state index in [0.717, 1.165) is 42.9 Å². The molecule has 0 spiro atoms. The number of aryl methyl sites for hydroxylation is 2. The van der Waals surface area contributed by atoms with Crippen LogP contribution in [-0.4, -0.2) is 54.8 Å². The fourth-order valence-electron chi connectivity index (χ4n) is 3.89. The van der Waals surface area contributed by atoms with E-state index in [0.29, 0.717) is 17.0 Å². The van der Waals surface area contributed by atoms with Gasteiger partial charge in [-0.2, -0.15) is 0 Å². The van der Waals surface area contributed by atoms with E-state index in [-0.39, 0.29) is 11.8 Å². The molecule has 0 N–H and O–H groups in total. The fraction of sp³-hybridized carbons (Fsp3) is 0.304. The van der Waals surface area contributed by atoms with Crippen molar-refractivity contribution in [1.82, 2.24) is 9.80 Å². The number of rotatable bonds is 3. The first-order valence-corrected chi connectivity index (χ1v) is 9.66. The number of carbonyl (C=O) groups is 2. The third kappa shape index (κ3) is 3.12. The standard InChI is InChI=1S/C23H25N3O2/c1-16-9-10-17(2)19(15-16)26-22(27)20(18-7-5-4-6-8-18)21(23(26)28)25-13-11-24(3)12-14-25/h4-10,15H,11-14H2,1-3H3. The first kappa shape index (κ1) is 18.4. The van der Waals surface area contributed by atoms with Crippen LogP contribution in [0.2, 0.25) is 0 Å². The summed E-state index contributed by atoms with van der Waals surface area (Å²) >= 11 is 0. The fourth-order valence-corrected chi connectivity index (χ4v) is 3.89. The third-order valence-corrected chi connectivity index (χ3v) is 5.55. The Hall–Kier alpha value is -2.92. The van der Waals surface area contributed by atoms with Gasteiger partial charge in [-0.25, -0.2) is 4.90 Å². The molecule has 2 aromatic rings. The average Bonchev–Trinajstić information content (AvgIpc) is 2.95. The van der Waals surface area contributed by atoms with Gasteiger partial charge in [0.05, 0.1) is 11.3 Å². The number of hydrogen-bond acceptors (Lipinski definition) is 4. The SMILES string of the molecule is Cc1ccc(C)c(N2C(=O)C(c3ccccc3)=C(N3CCN(C)CC3)C2=O)c1. The summed E-state index contributed by atoms with van der Waals surface area (Å²) in [6.45, 7) is 7.13. The van der Waals surface area contributed by atoms with E-state index in [1.54, 1.807) is 0 Å². The van der Waals surface area contributed by atoms with Gasteiger partial charge in [-0.05, 0) is 43.7 Å². The molecule has 0 aromatic heterocycles. The normalized spacial score (nSPS) is 18.4. The van der Waals surface area contributed by atoms with Gasteiger partial charge in [-0.3, -0.25) is 9.59 Å². The molecule has 0 bridgehead atoms. The minimum Gasteiger partial charge on any atom is -0.364 e. The molecular weight excluding hydrogens is 350 g/mol. The van der Waals surface area contributed by atoms with Gasteiger partial charge < -0.3 is 9.80 Å². The molecule has 1 saturated heterocycles. The Morgan fingerprint density at radius 3 is 2.18 bits per heavy atom. The number of likely N-dealkylation sites (N-methyl/N-ethyl adjacent to an activating group) is 1. The van der Waals surface area contributed by atoms with Crippen molar-refractivity contribution in [3.63, 3.8) is 0 Å². The molecule has 5 nitrogen and oxygen atoms in total. The highest BCUT2D eigenvalue weighted by atomic mass is 16.2. The number of amides is 2. The number of carbonyl (C=O) groups excluding carboxylic acids is 2. The Morgan fingerprint density at radius 2 is 1.50 bits per heavy atom. The second-order valence-electron chi connectivity index (χ2n) is 7.62. The van der Waals surface area contributed by atoms with Crippen LogP contribution in [-0.2, 0) is 9.59 Å². The van der Waals surface area contributed by atoms with Crippen LogP contribution in [0.3, 0.4) is 0 Å². The lowest BCUT2D eigenvalue weighted by Crippen LogP contribution is -2.46. The molecule has 0 saturated carbocycles. The zero-order valence-corrected chi connectivity index (χ0v) is 16.6. The summed E-state index contributed by atoms with van der Waals surface area (Å²) in [5.41, 5.74) is 4.45. The van der Waals surface area contributed by atoms with Gasteiger partial charge in [0, 0.05) is 26.2 Å². The molecule has 5 heteroatoms. The summed E-state index contributed by atoms with van der Waals surface area (Å²) in [4.78, 5) is 32.7. The van der Waals surface area contributed by atoms with Gasteiger partial charge in [0.1, 0.15) is 5.70 Å².